The van der Waals surface area contributed by atoms with Gasteiger partial charge in [-0.05, 0) is 67.4 Å². The number of amides is 1. The molecule has 156 valence electrons. The maximum absolute atomic E-state index is 12.7. The number of benzene rings is 3. The van der Waals surface area contributed by atoms with Crippen molar-refractivity contribution in [3.05, 3.63) is 89.0 Å². The summed E-state index contributed by atoms with van der Waals surface area (Å²) in [7, 11) is 1.63. The van der Waals surface area contributed by atoms with Crippen LogP contribution in [0.15, 0.2) is 66.7 Å². The highest BCUT2D eigenvalue weighted by Gasteiger charge is 2.12. The SMILES string of the molecule is CCOc1ccc(C(=O)NCc2ccc(OC)cc2)cc1COc1cccc(C)c1. The van der Waals surface area contributed by atoms with Gasteiger partial charge >= 0.3 is 0 Å². The van der Waals surface area contributed by atoms with Crippen LogP contribution in [0.4, 0.5) is 0 Å². The van der Waals surface area contributed by atoms with E-state index >= 15 is 0 Å². The first-order chi connectivity index (χ1) is 14.6. The van der Waals surface area contributed by atoms with Crippen LogP contribution in [0.25, 0.3) is 0 Å². The highest BCUT2D eigenvalue weighted by Crippen LogP contribution is 2.23. The molecule has 0 saturated carbocycles. The minimum Gasteiger partial charge on any atom is -0.497 e. The molecule has 5 nitrogen and oxygen atoms in total. The summed E-state index contributed by atoms with van der Waals surface area (Å²) in [4.78, 5) is 12.7. The molecule has 1 amide bonds. The van der Waals surface area contributed by atoms with Gasteiger partial charge in [0.15, 0.2) is 0 Å². The Morgan fingerprint density at radius 2 is 1.73 bits per heavy atom. The largest absolute Gasteiger partial charge is 0.497 e. The fourth-order valence-corrected chi connectivity index (χ4v) is 3.02. The van der Waals surface area contributed by atoms with Crippen LogP contribution < -0.4 is 19.5 Å². The minimum absolute atomic E-state index is 0.148. The van der Waals surface area contributed by atoms with Crippen molar-refractivity contribution >= 4 is 5.91 Å². The van der Waals surface area contributed by atoms with E-state index in [4.69, 9.17) is 14.2 Å². The predicted molar refractivity (Wildman–Crippen MR) is 117 cm³/mol. The third kappa shape index (κ3) is 5.77. The molecule has 0 aromatic heterocycles. The molecule has 3 aromatic carbocycles. The van der Waals surface area contributed by atoms with Gasteiger partial charge in [-0.25, -0.2) is 0 Å². The minimum atomic E-state index is -0.148. The van der Waals surface area contributed by atoms with Crippen molar-refractivity contribution in [3.8, 4) is 17.2 Å². The number of rotatable bonds is 9. The molecule has 0 spiro atoms. The number of carbonyl (C=O) groups is 1. The van der Waals surface area contributed by atoms with Gasteiger partial charge in [0.05, 0.1) is 13.7 Å². The Bertz CT molecular complexity index is 983. The van der Waals surface area contributed by atoms with E-state index in [1.807, 2.05) is 74.5 Å². The van der Waals surface area contributed by atoms with Crippen LogP contribution in [0.2, 0.25) is 0 Å². The number of nitrogens with one attached hydrogen (secondary N) is 1. The molecule has 30 heavy (non-hydrogen) atoms. The Balaban J connectivity index is 1.69. The molecule has 0 unspecified atom stereocenters. The molecule has 0 radical (unpaired) electrons. The standard InChI is InChI=1S/C25H27NO4/c1-4-29-24-13-10-20(15-21(24)17-30-23-7-5-6-18(2)14-23)25(27)26-16-19-8-11-22(28-3)12-9-19/h5-15H,4,16-17H2,1-3H3,(H,26,27). The van der Waals surface area contributed by atoms with Crippen LogP contribution in [0.1, 0.15) is 34.0 Å². The van der Waals surface area contributed by atoms with Crippen LogP contribution in [-0.4, -0.2) is 19.6 Å². The number of carbonyl (C=O) groups excluding carboxylic acids is 1. The van der Waals surface area contributed by atoms with Gasteiger partial charge in [0.2, 0.25) is 0 Å². The second-order valence-corrected chi connectivity index (χ2v) is 6.89. The van der Waals surface area contributed by atoms with Gasteiger partial charge in [0.25, 0.3) is 5.91 Å². The number of methoxy groups -OCH3 is 1. The molecule has 0 bridgehead atoms. The second kappa shape index (κ2) is 10.3. The van der Waals surface area contributed by atoms with E-state index in [0.29, 0.717) is 25.3 Å². The third-order valence-electron chi connectivity index (χ3n) is 4.62. The Kier molecular flexibility index (Phi) is 7.33. The van der Waals surface area contributed by atoms with Gasteiger partial charge < -0.3 is 19.5 Å². The lowest BCUT2D eigenvalue weighted by Gasteiger charge is -2.14. The molecule has 3 rings (SSSR count). The lowest BCUT2D eigenvalue weighted by Crippen LogP contribution is -2.23. The highest BCUT2D eigenvalue weighted by molar-refractivity contribution is 5.94. The normalized spacial score (nSPS) is 10.4. The van der Waals surface area contributed by atoms with Gasteiger partial charge in [-0.15, -0.1) is 0 Å². The number of ether oxygens (including phenoxy) is 3. The summed E-state index contributed by atoms with van der Waals surface area (Å²) < 4.78 is 16.8. The number of hydrogen-bond donors (Lipinski definition) is 1. The molecular weight excluding hydrogens is 378 g/mol. The zero-order valence-electron chi connectivity index (χ0n) is 17.6. The van der Waals surface area contributed by atoms with Crippen molar-refractivity contribution in [2.45, 2.75) is 27.0 Å². The average Bonchev–Trinajstić information content (AvgIpc) is 2.77. The zero-order chi connectivity index (χ0) is 21.3. The molecule has 5 heteroatoms. The fraction of sp³-hybridized carbons (Fsp3) is 0.240. The van der Waals surface area contributed by atoms with Crippen molar-refractivity contribution in [1.29, 1.82) is 0 Å². The van der Waals surface area contributed by atoms with Crippen molar-refractivity contribution in [2.75, 3.05) is 13.7 Å². The summed E-state index contributed by atoms with van der Waals surface area (Å²) >= 11 is 0. The van der Waals surface area contributed by atoms with Gasteiger partial charge in [-0.2, -0.15) is 0 Å². The summed E-state index contributed by atoms with van der Waals surface area (Å²) in [6.07, 6.45) is 0. The van der Waals surface area contributed by atoms with Crippen molar-refractivity contribution in [1.82, 2.24) is 5.32 Å². The summed E-state index contributed by atoms with van der Waals surface area (Å²) in [6.45, 7) is 5.25. The van der Waals surface area contributed by atoms with Crippen LogP contribution >= 0.6 is 0 Å². The monoisotopic (exact) mass is 405 g/mol. The Morgan fingerprint density at radius 1 is 0.933 bits per heavy atom. The topological polar surface area (TPSA) is 56.8 Å². The van der Waals surface area contributed by atoms with Gasteiger partial charge in [0, 0.05) is 17.7 Å². The van der Waals surface area contributed by atoms with Gasteiger partial charge in [-0.1, -0.05) is 24.3 Å². The van der Waals surface area contributed by atoms with E-state index in [1.54, 1.807) is 13.2 Å². The van der Waals surface area contributed by atoms with Crippen LogP contribution in [0.5, 0.6) is 17.2 Å². The molecule has 0 fully saturated rings. The molecule has 0 aliphatic carbocycles. The molecule has 0 atom stereocenters. The summed E-state index contributed by atoms with van der Waals surface area (Å²) in [5.74, 6) is 2.14. The molecule has 1 N–H and O–H groups in total. The van der Waals surface area contributed by atoms with Crippen LogP contribution in [-0.2, 0) is 13.2 Å². The molecule has 0 aliphatic heterocycles. The molecule has 3 aromatic rings. The third-order valence-corrected chi connectivity index (χ3v) is 4.62. The average molecular weight is 405 g/mol. The Hall–Kier alpha value is -3.47. The van der Waals surface area contributed by atoms with E-state index in [-0.39, 0.29) is 5.91 Å². The first-order valence-electron chi connectivity index (χ1n) is 9.95. The smallest absolute Gasteiger partial charge is 0.251 e. The first kappa shape index (κ1) is 21.2. The number of aryl methyl sites for hydroxylation is 1. The lowest BCUT2D eigenvalue weighted by atomic mass is 10.1. The van der Waals surface area contributed by atoms with Gasteiger partial charge in [-0.3, -0.25) is 4.79 Å². The molecular formula is C25H27NO4. The summed E-state index contributed by atoms with van der Waals surface area (Å²) in [6, 6.07) is 20.9. The zero-order valence-corrected chi connectivity index (χ0v) is 17.6. The Morgan fingerprint density at radius 3 is 2.43 bits per heavy atom. The van der Waals surface area contributed by atoms with E-state index in [2.05, 4.69) is 5.32 Å². The number of hydrogen-bond acceptors (Lipinski definition) is 4. The lowest BCUT2D eigenvalue weighted by molar-refractivity contribution is 0.0950. The Labute approximate surface area is 177 Å². The second-order valence-electron chi connectivity index (χ2n) is 6.89. The summed E-state index contributed by atoms with van der Waals surface area (Å²) in [5.41, 5.74) is 3.52. The molecule has 0 saturated heterocycles. The molecule has 0 heterocycles. The van der Waals surface area contributed by atoms with Crippen LogP contribution in [0.3, 0.4) is 0 Å². The maximum atomic E-state index is 12.7. The predicted octanol–water partition coefficient (Wildman–Crippen LogP) is 4.91. The fourth-order valence-electron chi connectivity index (χ4n) is 3.02. The molecule has 0 aliphatic rings. The van der Waals surface area contributed by atoms with E-state index in [0.717, 1.165) is 33.9 Å². The summed E-state index contributed by atoms with van der Waals surface area (Å²) in [5, 5.41) is 2.95. The van der Waals surface area contributed by atoms with Crippen molar-refractivity contribution in [3.63, 3.8) is 0 Å². The maximum Gasteiger partial charge on any atom is 0.251 e. The van der Waals surface area contributed by atoms with E-state index < -0.39 is 0 Å². The highest BCUT2D eigenvalue weighted by atomic mass is 16.5. The van der Waals surface area contributed by atoms with Gasteiger partial charge in [0.1, 0.15) is 23.9 Å². The van der Waals surface area contributed by atoms with Crippen molar-refractivity contribution < 1.29 is 19.0 Å². The quantitative estimate of drug-likeness (QED) is 0.549. The van der Waals surface area contributed by atoms with Crippen LogP contribution in [0, 0.1) is 6.92 Å². The van der Waals surface area contributed by atoms with E-state index in [9.17, 15) is 4.79 Å². The first-order valence-corrected chi connectivity index (χ1v) is 9.95. The van der Waals surface area contributed by atoms with Crippen molar-refractivity contribution in [2.24, 2.45) is 0 Å². The van der Waals surface area contributed by atoms with E-state index in [1.165, 1.54) is 0 Å².